The van der Waals surface area contributed by atoms with Gasteiger partial charge in [0, 0.05) is 9.50 Å². The number of hydrogen-bond donors (Lipinski definition) is 1. The molecule has 0 amide bonds. The van der Waals surface area contributed by atoms with Gasteiger partial charge in [-0.1, -0.05) is 51.8 Å². The van der Waals surface area contributed by atoms with Crippen LogP contribution in [0.5, 0.6) is 0 Å². The minimum atomic E-state index is -0.184. The lowest BCUT2D eigenvalue weighted by molar-refractivity contribution is 0.871. The largest absolute Gasteiger partial charge is 0.320 e. The molecule has 0 spiro atoms. The van der Waals surface area contributed by atoms with Crippen molar-refractivity contribution in [3.8, 4) is 0 Å². The van der Waals surface area contributed by atoms with Crippen LogP contribution < -0.4 is 5.73 Å². The van der Waals surface area contributed by atoms with Crippen molar-refractivity contribution in [2.75, 3.05) is 0 Å². The summed E-state index contributed by atoms with van der Waals surface area (Å²) in [6.45, 7) is 2.01. The van der Waals surface area contributed by atoms with Crippen molar-refractivity contribution in [1.82, 2.24) is 0 Å². The molecule has 2 aromatic carbocycles. The van der Waals surface area contributed by atoms with Crippen molar-refractivity contribution in [3.05, 3.63) is 68.7 Å². The Hall–Kier alpha value is -0.830. The summed E-state index contributed by atoms with van der Waals surface area (Å²) in [5.41, 5.74) is 9.37. The first kappa shape index (κ1) is 12.6. The Labute approximate surface area is 115 Å². The van der Waals surface area contributed by atoms with Gasteiger partial charge in [0.25, 0.3) is 0 Å². The van der Waals surface area contributed by atoms with E-state index in [2.05, 4.69) is 15.9 Å². The molecule has 0 aromatic heterocycles. The minimum absolute atomic E-state index is 0.184. The SMILES string of the molecule is Cc1ccc(C(N)c2ccc(Br)cc2)c(Cl)c1. The summed E-state index contributed by atoms with van der Waals surface area (Å²) in [5.74, 6) is 0. The molecule has 2 N–H and O–H groups in total. The second-order valence-electron chi connectivity index (χ2n) is 4.05. The van der Waals surface area contributed by atoms with Crippen LogP contribution in [0.3, 0.4) is 0 Å². The highest BCUT2D eigenvalue weighted by molar-refractivity contribution is 9.10. The Morgan fingerprint density at radius 2 is 1.76 bits per heavy atom. The average molecular weight is 311 g/mol. The number of hydrogen-bond acceptors (Lipinski definition) is 1. The molecule has 2 rings (SSSR count). The van der Waals surface area contributed by atoms with E-state index in [1.165, 1.54) is 0 Å². The van der Waals surface area contributed by atoms with Crippen LogP contribution in [0.2, 0.25) is 5.02 Å². The van der Waals surface area contributed by atoms with Crippen molar-refractivity contribution < 1.29 is 0 Å². The molecular formula is C14H13BrClN. The maximum Gasteiger partial charge on any atom is 0.0566 e. The van der Waals surface area contributed by atoms with Gasteiger partial charge in [-0.2, -0.15) is 0 Å². The van der Waals surface area contributed by atoms with Crippen LogP contribution >= 0.6 is 27.5 Å². The normalized spacial score (nSPS) is 12.5. The predicted octanol–water partition coefficient (Wildman–Crippen LogP) is 4.46. The monoisotopic (exact) mass is 309 g/mol. The van der Waals surface area contributed by atoms with Gasteiger partial charge in [0.1, 0.15) is 0 Å². The maximum absolute atomic E-state index is 6.22. The first-order valence-corrected chi connectivity index (χ1v) is 6.52. The molecule has 0 saturated carbocycles. The first-order chi connectivity index (χ1) is 8.08. The van der Waals surface area contributed by atoms with Crippen LogP contribution in [0.15, 0.2) is 46.9 Å². The van der Waals surface area contributed by atoms with Gasteiger partial charge in [-0.05, 0) is 41.8 Å². The number of aryl methyl sites for hydroxylation is 1. The molecule has 17 heavy (non-hydrogen) atoms. The van der Waals surface area contributed by atoms with Crippen LogP contribution in [0.25, 0.3) is 0 Å². The molecule has 2 aromatic rings. The second-order valence-corrected chi connectivity index (χ2v) is 5.38. The third-order valence-corrected chi connectivity index (χ3v) is 3.58. The molecular weight excluding hydrogens is 298 g/mol. The topological polar surface area (TPSA) is 26.0 Å². The van der Waals surface area contributed by atoms with E-state index in [4.69, 9.17) is 17.3 Å². The molecule has 0 saturated heterocycles. The van der Waals surface area contributed by atoms with Gasteiger partial charge in [0.15, 0.2) is 0 Å². The van der Waals surface area contributed by atoms with Crippen molar-refractivity contribution in [2.24, 2.45) is 5.73 Å². The van der Waals surface area contributed by atoms with Crippen molar-refractivity contribution in [1.29, 1.82) is 0 Å². The molecule has 1 unspecified atom stereocenters. The summed E-state index contributed by atoms with van der Waals surface area (Å²) in [6.07, 6.45) is 0. The molecule has 3 heteroatoms. The zero-order valence-corrected chi connectivity index (χ0v) is 11.8. The molecule has 1 atom stereocenters. The van der Waals surface area contributed by atoms with E-state index in [1.807, 2.05) is 49.4 Å². The maximum atomic E-state index is 6.22. The number of nitrogens with two attached hydrogens (primary N) is 1. The number of halogens is 2. The van der Waals surface area contributed by atoms with Gasteiger partial charge in [0.2, 0.25) is 0 Å². The fourth-order valence-electron chi connectivity index (χ4n) is 1.73. The van der Waals surface area contributed by atoms with Crippen LogP contribution in [-0.4, -0.2) is 0 Å². The van der Waals surface area contributed by atoms with E-state index in [0.29, 0.717) is 0 Å². The zero-order valence-electron chi connectivity index (χ0n) is 9.45. The Morgan fingerprint density at radius 1 is 1.12 bits per heavy atom. The van der Waals surface area contributed by atoms with E-state index < -0.39 is 0 Å². The summed E-state index contributed by atoms with van der Waals surface area (Å²) in [7, 11) is 0. The quantitative estimate of drug-likeness (QED) is 0.871. The molecule has 1 nitrogen and oxygen atoms in total. The molecule has 0 heterocycles. The van der Waals surface area contributed by atoms with Gasteiger partial charge < -0.3 is 5.73 Å². The third kappa shape index (κ3) is 2.89. The molecule has 0 aliphatic carbocycles. The van der Waals surface area contributed by atoms with Gasteiger partial charge >= 0.3 is 0 Å². The van der Waals surface area contributed by atoms with Crippen LogP contribution in [-0.2, 0) is 0 Å². The summed E-state index contributed by atoms with van der Waals surface area (Å²) in [6, 6.07) is 13.8. The lowest BCUT2D eigenvalue weighted by atomic mass is 9.99. The molecule has 0 radical (unpaired) electrons. The summed E-state index contributed by atoms with van der Waals surface area (Å²) in [5, 5.41) is 0.723. The Kier molecular flexibility index (Phi) is 3.87. The summed E-state index contributed by atoms with van der Waals surface area (Å²) < 4.78 is 1.04. The molecule has 88 valence electrons. The van der Waals surface area contributed by atoms with E-state index in [9.17, 15) is 0 Å². The Bertz CT molecular complexity index is 522. The summed E-state index contributed by atoms with van der Waals surface area (Å²) in [4.78, 5) is 0. The van der Waals surface area contributed by atoms with Gasteiger partial charge in [-0.3, -0.25) is 0 Å². The number of benzene rings is 2. The number of rotatable bonds is 2. The van der Waals surface area contributed by atoms with E-state index in [-0.39, 0.29) is 6.04 Å². The predicted molar refractivity (Wildman–Crippen MR) is 76.4 cm³/mol. The van der Waals surface area contributed by atoms with Gasteiger partial charge in [-0.25, -0.2) is 0 Å². The Morgan fingerprint density at radius 3 is 2.35 bits per heavy atom. The first-order valence-electron chi connectivity index (χ1n) is 5.35. The van der Waals surface area contributed by atoms with Crippen LogP contribution in [0, 0.1) is 6.92 Å². The molecule has 0 fully saturated rings. The smallest absolute Gasteiger partial charge is 0.0566 e. The van der Waals surface area contributed by atoms with E-state index in [1.54, 1.807) is 0 Å². The molecule has 0 aliphatic heterocycles. The van der Waals surface area contributed by atoms with E-state index >= 15 is 0 Å². The van der Waals surface area contributed by atoms with Gasteiger partial charge in [0.05, 0.1) is 6.04 Å². The van der Waals surface area contributed by atoms with Gasteiger partial charge in [-0.15, -0.1) is 0 Å². The highest BCUT2D eigenvalue weighted by atomic mass is 79.9. The fourth-order valence-corrected chi connectivity index (χ4v) is 2.35. The Balaban J connectivity index is 2.36. The van der Waals surface area contributed by atoms with Crippen molar-refractivity contribution >= 4 is 27.5 Å². The van der Waals surface area contributed by atoms with E-state index in [0.717, 1.165) is 26.2 Å². The molecule has 0 bridgehead atoms. The zero-order chi connectivity index (χ0) is 12.4. The highest BCUT2D eigenvalue weighted by Gasteiger charge is 2.12. The van der Waals surface area contributed by atoms with Crippen molar-refractivity contribution in [2.45, 2.75) is 13.0 Å². The van der Waals surface area contributed by atoms with Crippen LogP contribution in [0.4, 0.5) is 0 Å². The van der Waals surface area contributed by atoms with Crippen LogP contribution in [0.1, 0.15) is 22.7 Å². The second kappa shape index (κ2) is 5.21. The lowest BCUT2D eigenvalue weighted by Gasteiger charge is -2.14. The lowest BCUT2D eigenvalue weighted by Crippen LogP contribution is -2.12. The minimum Gasteiger partial charge on any atom is -0.320 e. The standard InChI is InChI=1S/C14H13BrClN/c1-9-2-7-12(13(16)8-9)14(17)10-3-5-11(15)6-4-10/h2-8,14H,17H2,1H3. The summed E-state index contributed by atoms with van der Waals surface area (Å²) >= 11 is 9.62. The molecule has 0 aliphatic rings. The average Bonchev–Trinajstić information content (AvgIpc) is 2.29. The fraction of sp³-hybridized carbons (Fsp3) is 0.143. The highest BCUT2D eigenvalue weighted by Crippen LogP contribution is 2.27. The third-order valence-electron chi connectivity index (χ3n) is 2.72. The van der Waals surface area contributed by atoms with Crippen molar-refractivity contribution in [3.63, 3.8) is 0 Å².